The summed E-state index contributed by atoms with van der Waals surface area (Å²) in [6.07, 6.45) is 5.25. The maximum atomic E-state index is 14.1. The molecule has 0 saturated carbocycles. The molecule has 4 N–H and O–H groups in total. The summed E-state index contributed by atoms with van der Waals surface area (Å²) < 4.78 is 0.993. The Labute approximate surface area is 303 Å². The molecule has 3 saturated heterocycles. The third kappa shape index (κ3) is 8.51. The van der Waals surface area contributed by atoms with Gasteiger partial charge in [0, 0.05) is 50.9 Å². The largest absolute Gasteiger partial charge is 0.506 e. The number of hydrogen-bond donors (Lipinski definition) is 4. The normalized spacial score (nSPS) is 20.4. The zero-order valence-electron chi connectivity index (χ0n) is 27.5. The van der Waals surface area contributed by atoms with Crippen molar-refractivity contribution in [1.82, 2.24) is 24.9 Å². The van der Waals surface area contributed by atoms with Gasteiger partial charge in [-0.15, -0.1) is 0 Å². The van der Waals surface area contributed by atoms with Gasteiger partial charge in [-0.1, -0.05) is 18.2 Å². The topological polar surface area (TPSA) is 146 Å². The summed E-state index contributed by atoms with van der Waals surface area (Å²) in [4.78, 5) is 59.2. The van der Waals surface area contributed by atoms with Crippen LogP contribution in [0.2, 0.25) is 0 Å². The first-order valence-electron chi connectivity index (χ1n) is 17.2. The Kier molecular flexibility index (Phi) is 11.3. The number of nitrogens with zero attached hydrogens (tertiary/aromatic N) is 4. The van der Waals surface area contributed by atoms with Crippen molar-refractivity contribution in [3.63, 3.8) is 0 Å². The lowest BCUT2D eigenvalue weighted by Gasteiger charge is -2.41. The van der Waals surface area contributed by atoms with Crippen molar-refractivity contribution >= 4 is 61.5 Å². The molecule has 0 aliphatic carbocycles. The number of fused-ring (bicyclic) bond motifs is 1. The fourth-order valence-electron chi connectivity index (χ4n) is 7.90. The number of phenols is 1. The number of rotatable bonds is 8. The molecule has 4 aliphatic rings. The van der Waals surface area contributed by atoms with Crippen LogP contribution in [0.5, 0.6) is 5.75 Å². The standard InChI is InChI=1S/C35H44Br2N6O6/c36-27-17-22(18-28(37)32(27)46)19-30(33(47)41-13-7-24(8-14-41)23-5-11-40(12-6-23)21-31(44)45)39-34(48)42-15-9-26(10-16-42)43-20-25-3-1-2-4-29(25)38-35(43)49/h1-4,17-18,23-24,26,30,46H,5-16,19-21H2,(H,38,49)(H,39,48)(H,44,45)/t30-/m1/s1. The van der Waals surface area contributed by atoms with Crippen LogP contribution in [-0.4, -0.2) is 112 Å². The van der Waals surface area contributed by atoms with E-state index in [4.69, 9.17) is 5.11 Å². The number of carboxylic acid groups (broad SMARTS) is 1. The van der Waals surface area contributed by atoms with Crippen molar-refractivity contribution in [2.45, 2.75) is 63.6 Å². The number of urea groups is 2. The van der Waals surface area contributed by atoms with E-state index in [2.05, 4.69) is 42.5 Å². The van der Waals surface area contributed by atoms with Gasteiger partial charge >= 0.3 is 18.0 Å². The fourth-order valence-corrected chi connectivity index (χ4v) is 9.18. The molecule has 0 spiro atoms. The summed E-state index contributed by atoms with van der Waals surface area (Å²) >= 11 is 6.78. The lowest BCUT2D eigenvalue weighted by molar-refractivity contribution is -0.138. The van der Waals surface area contributed by atoms with Crippen LogP contribution in [0.25, 0.3) is 0 Å². The lowest BCUT2D eigenvalue weighted by Crippen LogP contribution is -2.57. The zero-order chi connectivity index (χ0) is 34.7. The molecule has 12 nitrogen and oxygen atoms in total. The number of anilines is 1. The van der Waals surface area contributed by atoms with Crippen LogP contribution in [-0.2, 0) is 22.6 Å². The summed E-state index contributed by atoms with van der Waals surface area (Å²) in [6.45, 7) is 4.36. The van der Waals surface area contributed by atoms with E-state index >= 15 is 0 Å². The van der Waals surface area contributed by atoms with Crippen molar-refractivity contribution in [3.8, 4) is 5.75 Å². The minimum atomic E-state index is -0.797. The molecule has 3 fully saturated rings. The number of carbonyl (C=O) groups excluding carboxylic acids is 3. The highest BCUT2D eigenvalue weighted by molar-refractivity contribution is 9.11. The van der Waals surface area contributed by atoms with Crippen LogP contribution < -0.4 is 10.6 Å². The van der Waals surface area contributed by atoms with Crippen molar-refractivity contribution in [1.29, 1.82) is 0 Å². The predicted molar refractivity (Wildman–Crippen MR) is 191 cm³/mol. The van der Waals surface area contributed by atoms with Gasteiger partial charge in [0.05, 0.1) is 15.5 Å². The monoisotopic (exact) mass is 802 g/mol. The number of aromatic hydroxyl groups is 1. The second-order valence-corrected chi connectivity index (χ2v) is 15.4. The second kappa shape index (κ2) is 15.7. The van der Waals surface area contributed by atoms with Gasteiger partial charge in [-0.3, -0.25) is 14.5 Å². The molecule has 6 rings (SSSR count). The lowest BCUT2D eigenvalue weighted by atomic mass is 9.78. The van der Waals surface area contributed by atoms with Crippen LogP contribution in [0.1, 0.15) is 49.7 Å². The molecule has 49 heavy (non-hydrogen) atoms. The first-order valence-corrected chi connectivity index (χ1v) is 18.7. The van der Waals surface area contributed by atoms with E-state index in [1.54, 1.807) is 17.0 Å². The molecule has 2 aromatic carbocycles. The highest BCUT2D eigenvalue weighted by Crippen LogP contribution is 2.35. The highest BCUT2D eigenvalue weighted by Gasteiger charge is 2.36. The summed E-state index contributed by atoms with van der Waals surface area (Å²) in [7, 11) is 0. The quantitative estimate of drug-likeness (QED) is 0.291. The average Bonchev–Trinajstić information content (AvgIpc) is 3.10. The Morgan fingerprint density at radius 3 is 2.10 bits per heavy atom. The minimum absolute atomic E-state index is 0.00670. The number of likely N-dealkylation sites (tertiary alicyclic amines) is 3. The molecule has 1 atom stereocenters. The molecule has 4 heterocycles. The molecule has 264 valence electrons. The Morgan fingerprint density at radius 1 is 0.878 bits per heavy atom. The van der Waals surface area contributed by atoms with E-state index in [9.17, 15) is 24.3 Å². The highest BCUT2D eigenvalue weighted by atomic mass is 79.9. The molecule has 4 aliphatic heterocycles. The van der Waals surface area contributed by atoms with Gasteiger partial charge in [0.2, 0.25) is 5.91 Å². The zero-order valence-corrected chi connectivity index (χ0v) is 30.6. The number of piperidine rings is 3. The van der Waals surface area contributed by atoms with E-state index in [-0.39, 0.29) is 42.7 Å². The van der Waals surface area contributed by atoms with Gasteiger partial charge < -0.3 is 35.5 Å². The number of carbonyl (C=O) groups is 4. The van der Waals surface area contributed by atoms with Crippen LogP contribution in [0.3, 0.4) is 0 Å². The molecular weight excluding hydrogens is 760 g/mol. The van der Waals surface area contributed by atoms with Crippen LogP contribution in [0.15, 0.2) is 45.3 Å². The first-order chi connectivity index (χ1) is 23.5. The molecule has 2 aromatic rings. The smallest absolute Gasteiger partial charge is 0.322 e. The molecule has 0 unspecified atom stereocenters. The third-order valence-corrected chi connectivity index (χ3v) is 11.9. The summed E-state index contributed by atoms with van der Waals surface area (Å²) in [5, 5.41) is 25.4. The first kappa shape index (κ1) is 35.5. The van der Waals surface area contributed by atoms with Gasteiger partial charge in [0.15, 0.2) is 0 Å². The van der Waals surface area contributed by atoms with E-state index in [0.29, 0.717) is 66.3 Å². The number of carboxylic acids is 1. The SMILES string of the molecule is O=C(O)CN1CCC(C2CCN(C(=O)[C@@H](Cc3cc(Br)c(O)c(Br)c3)NC(=O)N3CCC(N4Cc5ccccc5NC4=O)CC3)CC2)CC1. The van der Waals surface area contributed by atoms with Crippen molar-refractivity contribution in [2.24, 2.45) is 11.8 Å². The van der Waals surface area contributed by atoms with Crippen LogP contribution in [0.4, 0.5) is 15.3 Å². The van der Waals surface area contributed by atoms with Crippen molar-refractivity contribution in [3.05, 3.63) is 56.5 Å². The molecule has 14 heteroatoms. The Balaban J connectivity index is 1.07. The molecule has 5 amide bonds. The number of nitrogens with one attached hydrogen (secondary N) is 2. The number of benzene rings is 2. The van der Waals surface area contributed by atoms with E-state index in [0.717, 1.165) is 55.6 Å². The van der Waals surface area contributed by atoms with E-state index < -0.39 is 12.0 Å². The number of para-hydroxylation sites is 1. The van der Waals surface area contributed by atoms with Gasteiger partial charge in [0.1, 0.15) is 11.8 Å². The number of aliphatic carboxylic acids is 1. The Morgan fingerprint density at radius 2 is 1.47 bits per heavy atom. The minimum Gasteiger partial charge on any atom is -0.506 e. The van der Waals surface area contributed by atoms with Crippen LogP contribution >= 0.6 is 31.9 Å². The number of amides is 5. The summed E-state index contributed by atoms with van der Waals surface area (Å²) in [5.74, 6) is 0.173. The number of phenolic OH excluding ortho intramolecular Hbond substituents is 1. The maximum Gasteiger partial charge on any atom is 0.322 e. The van der Waals surface area contributed by atoms with Gasteiger partial charge in [-0.25, -0.2) is 9.59 Å². The predicted octanol–water partition coefficient (Wildman–Crippen LogP) is 5.09. The fraction of sp³-hybridized carbons (Fsp3) is 0.543. The average molecular weight is 805 g/mol. The van der Waals surface area contributed by atoms with Crippen LogP contribution in [0, 0.1) is 11.8 Å². The number of hydrogen-bond acceptors (Lipinski definition) is 6. The molecular formula is C35H44Br2N6O6. The van der Waals surface area contributed by atoms with Crippen molar-refractivity contribution < 1.29 is 29.4 Å². The molecule has 0 bridgehead atoms. The Bertz CT molecular complexity index is 1530. The van der Waals surface area contributed by atoms with E-state index in [1.165, 1.54) is 0 Å². The van der Waals surface area contributed by atoms with Gasteiger partial charge in [-0.2, -0.15) is 0 Å². The van der Waals surface area contributed by atoms with E-state index in [1.807, 2.05) is 39.0 Å². The maximum absolute atomic E-state index is 14.1. The molecule has 0 aromatic heterocycles. The van der Waals surface area contributed by atoms with Crippen molar-refractivity contribution in [2.75, 3.05) is 51.1 Å². The summed E-state index contributed by atoms with van der Waals surface area (Å²) in [5.41, 5.74) is 2.70. The second-order valence-electron chi connectivity index (χ2n) is 13.7. The number of halogens is 2. The van der Waals surface area contributed by atoms with Gasteiger partial charge in [-0.05, 0) is 125 Å². The summed E-state index contributed by atoms with van der Waals surface area (Å²) in [6, 6.07) is 10.1. The molecule has 0 radical (unpaired) electrons. The Hall–Kier alpha value is -3.36. The third-order valence-electron chi connectivity index (χ3n) is 10.7. The van der Waals surface area contributed by atoms with Gasteiger partial charge in [0.25, 0.3) is 0 Å².